The highest BCUT2D eigenvalue weighted by Gasteiger charge is 2.43. The highest BCUT2D eigenvalue weighted by molar-refractivity contribution is 6.14. The largest absolute Gasteiger partial charge is 0.339 e. The van der Waals surface area contributed by atoms with Crippen molar-refractivity contribution >= 4 is 39.7 Å². The number of H-pyrrole nitrogens is 1. The molecule has 5 aromatic rings. The number of aromatic amines is 1. The Balaban J connectivity index is 1.39. The summed E-state index contributed by atoms with van der Waals surface area (Å²) in [4.78, 5) is 35.9. The molecule has 5 heterocycles. The fourth-order valence-corrected chi connectivity index (χ4v) is 6.28. The maximum absolute atomic E-state index is 13.6. The summed E-state index contributed by atoms with van der Waals surface area (Å²) >= 11 is 0. The van der Waals surface area contributed by atoms with Crippen molar-refractivity contribution in [2.45, 2.75) is 57.8 Å². The molecular weight excluding hydrogens is 570 g/mol. The second-order valence-corrected chi connectivity index (χ2v) is 11.6. The van der Waals surface area contributed by atoms with Gasteiger partial charge in [-0.2, -0.15) is 10.2 Å². The minimum absolute atomic E-state index is 0.196. The second kappa shape index (κ2) is 10.6. The summed E-state index contributed by atoms with van der Waals surface area (Å²) in [5.41, 5.74) is 6.62. The molecule has 14 heteroatoms. The van der Waals surface area contributed by atoms with Crippen LogP contribution in [-0.2, 0) is 13.6 Å². The van der Waals surface area contributed by atoms with E-state index in [4.69, 9.17) is 4.98 Å². The van der Waals surface area contributed by atoms with Gasteiger partial charge in [-0.15, -0.1) is 0 Å². The van der Waals surface area contributed by atoms with Gasteiger partial charge in [-0.1, -0.05) is 6.07 Å². The highest BCUT2D eigenvalue weighted by atomic mass is 19.3. The molecule has 44 heavy (non-hydrogen) atoms. The lowest BCUT2D eigenvalue weighted by molar-refractivity contribution is 0.144. The standard InChI is InChI=1S/C30H32F2N10O2/c1-15(2)42-21-6-4-16(8-17(21)11-37-42)24-25-27-18(9-33-28(25)39-26(24)19-12-36-40(3)14-19)10-35-30(44)41(27)22-7-5-20(22)38-29(43)34-13-23(31)32/h4,6,8-9,11-12,14-15,20,22-23H,5,7,10,13H2,1-3H3,(H,33,39)(H,35,44)(H2,34,38,43)/t20-,22-/m1/s1. The van der Waals surface area contributed by atoms with Gasteiger partial charge >= 0.3 is 12.1 Å². The van der Waals surface area contributed by atoms with Crippen LogP contribution in [0.5, 0.6) is 0 Å². The van der Waals surface area contributed by atoms with Gasteiger partial charge < -0.3 is 20.9 Å². The molecule has 0 spiro atoms. The molecular formula is C30H32F2N10O2. The number of hydrogen-bond donors (Lipinski definition) is 4. The summed E-state index contributed by atoms with van der Waals surface area (Å²) in [5, 5.41) is 18.7. The van der Waals surface area contributed by atoms with Crippen molar-refractivity contribution in [2.24, 2.45) is 7.05 Å². The zero-order valence-corrected chi connectivity index (χ0v) is 24.4. The molecule has 228 valence electrons. The summed E-state index contributed by atoms with van der Waals surface area (Å²) < 4.78 is 29.0. The molecule has 7 rings (SSSR count). The van der Waals surface area contributed by atoms with Crippen molar-refractivity contribution in [3.63, 3.8) is 0 Å². The van der Waals surface area contributed by atoms with Crippen LogP contribution < -0.4 is 20.9 Å². The zero-order valence-electron chi connectivity index (χ0n) is 24.4. The molecule has 0 unspecified atom stereocenters. The van der Waals surface area contributed by atoms with E-state index in [9.17, 15) is 18.4 Å². The summed E-state index contributed by atoms with van der Waals surface area (Å²) in [6.07, 6.45) is 5.90. The molecule has 0 saturated heterocycles. The van der Waals surface area contributed by atoms with Crippen LogP contribution in [0.15, 0.2) is 43.0 Å². The lowest BCUT2D eigenvalue weighted by atomic mass is 9.83. The average Bonchev–Trinajstić information content (AvgIpc) is 3.71. The number of nitrogens with one attached hydrogen (secondary N) is 4. The van der Waals surface area contributed by atoms with Crippen molar-refractivity contribution in [1.29, 1.82) is 0 Å². The number of aromatic nitrogens is 6. The number of carbonyl (C=O) groups is 2. The van der Waals surface area contributed by atoms with Crippen molar-refractivity contribution in [2.75, 3.05) is 11.4 Å². The molecule has 1 aromatic carbocycles. The van der Waals surface area contributed by atoms with Crippen molar-refractivity contribution in [3.05, 3.63) is 48.5 Å². The Morgan fingerprint density at radius 3 is 2.68 bits per heavy atom. The van der Waals surface area contributed by atoms with Crippen LogP contribution in [-0.4, -0.2) is 66.6 Å². The molecule has 0 bridgehead atoms. The third-order valence-electron chi connectivity index (χ3n) is 8.43. The monoisotopic (exact) mass is 602 g/mol. The molecule has 1 aliphatic heterocycles. The summed E-state index contributed by atoms with van der Waals surface area (Å²) in [7, 11) is 1.85. The molecule has 12 nitrogen and oxygen atoms in total. The van der Waals surface area contributed by atoms with Gasteiger partial charge in [0.05, 0.1) is 53.3 Å². The number of fused-ring (bicyclic) bond motifs is 4. The maximum Gasteiger partial charge on any atom is 0.322 e. The Hall–Kier alpha value is -5.01. The fraction of sp³-hybridized carbons (Fsp3) is 0.367. The lowest BCUT2D eigenvalue weighted by Gasteiger charge is -2.46. The Labute approximate surface area is 250 Å². The number of alkyl halides is 2. The number of carbonyl (C=O) groups excluding carboxylic acids is 2. The van der Waals surface area contributed by atoms with E-state index in [1.54, 1.807) is 22.0 Å². The first kappa shape index (κ1) is 27.8. The molecule has 2 atom stereocenters. The maximum atomic E-state index is 13.6. The molecule has 4 aromatic heterocycles. The topological polar surface area (TPSA) is 138 Å². The first-order valence-corrected chi connectivity index (χ1v) is 14.6. The predicted molar refractivity (Wildman–Crippen MR) is 161 cm³/mol. The van der Waals surface area contributed by atoms with Crippen molar-refractivity contribution in [1.82, 2.24) is 45.5 Å². The third-order valence-corrected chi connectivity index (χ3v) is 8.43. The Morgan fingerprint density at radius 1 is 1.14 bits per heavy atom. The number of hydrogen-bond acceptors (Lipinski definition) is 5. The van der Waals surface area contributed by atoms with E-state index < -0.39 is 25.0 Å². The van der Waals surface area contributed by atoms with Gasteiger partial charge in [-0.05, 0) is 44.4 Å². The van der Waals surface area contributed by atoms with Gasteiger partial charge in [-0.25, -0.2) is 23.4 Å². The number of pyridine rings is 1. The van der Waals surface area contributed by atoms with Gasteiger partial charge in [0.2, 0.25) is 0 Å². The SMILES string of the molecule is CC(C)n1ncc2cc(-c3c(-c4cnn(C)c4)[nH]c4ncc5c(c34)N([C@@H]3CC[C@H]3NC(=O)NCC(F)F)C(=O)NC5)ccc21. The van der Waals surface area contributed by atoms with Crippen LogP contribution in [0.25, 0.3) is 44.3 Å². The number of nitrogens with zero attached hydrogens (tertiary/aromatic N) is 6. The molecule has 1 aliphatic carbocycles. The Bertz CT molecular complexity index is 1910. The smallest absolute Gasteiger partial charge is 0.322 e. The van der Waals surface area contributed by atoms with E-state index in [1.807, 2.05) is 24.1 Å². The van der Waals surface area contributed by atoms with E-state index >= 15 is 0 Å². The predicted octanol–water partition coefficient (Wildman–Crippen LogP) is 4.69. The number of anilines is 1. The molecule has 0 radical (unpaired) electrons. The quantitative estimate of drug-likeness (QED) is 0.214. The van der Waals surface area contributed by atoms with E-state index in [2.05, 4.69) is 63.2 Å². The number of amides is 4. The van der Waals surface area contributed by atoms with Crippen LogP contribution in [0.2, 0.25) is 0 Å². The summed E-state index contributed by atoms with van der Waals surface area (Å²) in [6.45, 7) is 3.72. The number of halogens is 2. The van der Waals surface area contributed by atoms with Gasteiger partial charge in [0, 0.05) is 54.1 Å². The molecule has 1 fully saturated rings. The molecule has 1 saturated carbocycles. The van der Waals surface area contributed by atoms with Crippen LogP contribution in [0.1, 0.15) is 38.3 Å². The molecule has 4 amide bonds. The number of urea groups is 2. The minimum atomic E-state index is -2.65. The van der Waals surface area contributed by atoms with Crippen LogP contribution >= 0.6 is 0 Å². The second-order valence-electron chi connectivity index (χ2n) is 11.6. The van der Waals surface area contributed by atoms with Gasteiger partial charge in [-0.3, -0.25) is 14.3 Å². The molecule has 2 aliphatic rings. The van der Waals surface area contributed by atoms with Crippen molar-refractivity contribution < 1.29 is 18.4 Å². The average molecular weight is 603 g/mol. The van der Waals surface area contributed by atoms with E-state index in [0.717, 1.165) is 44.2 Å². The third kappa shape index (κ3) is 4.61. The van der Waals surface area contributed by atoms with Crippen molar-refractivity contribution in [3.8, 4) is 22.4 Å². The Kier molecular flexibility index (Phi) is 6.70. The Morgan fingerprint density at radius 2 is 1.98 bits per heavy atom. The highest BCUT2D eigenvalue weighted by Crippen LogP contribution is 2.46. The number of rotatable bonds is 7. The zero-order chi connectivity index (χ0) is 30.7. The summed E-state index contributed by atoms with van der Waals surface area (Å²) in [6, 6.07) is 4.63. The van der Waals surface area contributed by atoms with E-state index in [-0.39, 0.29) is 18.1 Å². The van der Waals surface area contributed by atoms with E-state index in [0.29, 0.717) is 30.7 Å². The van der Waals surface area contributed by atoms with Gasteiger partial charge in [0.25, 0.3) is 6.43 Å². The van der Waals surface area contributed by atoms with Crippen LogP contribution in [0, 0.1) is 0 Å². The van der Waals surface area contributed by atoms with Crippen LogP contribution in [0.4, 0.5) is 24.1 Å². The van der Waals surface area contributed by atoms with Gasteiger partial charge in [0.1, 0.15) is 5.65 Å². The fourth-order valence-electron chi connectivity index (χ4n) is 6.28. The van der Waals surface area contributed by atoms with Gasteiger partial charge in [0.15, 0.2) is 0 Å². The van der Waals surface area contributed by atoms with Crippen LogP contribution in [0.3, 0.4) is 0 Å². The normalized spacial score (nSPS) is 18.2. The number of benzene rings is 1. The minimum Gasteiger partial charge on any atom is -0.339 e. The first-order chi connectivity index (χ1) is 21.2. The first-order valence-electron chi connectivity index (χ1n) is 14.6. The number of aryl methyl sites for hydroxylation is 1. The summed E-state index contributed by atoms with van der Waals surface area (Å²) in [5.74, 6) is 0. The lowest BCUT2D eigenvalue weighted by Crippen LogP contribution is -2.63. The molecule has 4 N–H and O–H groups in total. The van der Waals surface area contributed by atoms with E-state index in [1.165, 1.54) is 0 Å².